The first-order chi connectivity index (χ1) is 13.5. The first kappa shape index (κ1) is 20.4. The molecule has 28 heavy (non-hydrogen) atoms. The number of nitrogens with zero attached hydrogens (tertiary/aromatic N) is 1. The third-order valence-corrected chi connectivity index (χ3v) is 6.10. The second-order valence-electron chi connectivity index (χ2n) is 6.83. The van der Waals surface area contributed by atoms with Gasteiger partial charge in [0.05, 0.1) is 11.0 Å². The highest BCUT2D eigenvalue weighted by Crippen LogP contribution is 2.18. The molecule has 2 atom stereocenters. The van der Waals surface area contributed by atoms with Gasteiger partial charge in [-0.3, -0.25) is 4.98 Å². The maximum absolute atomic E-state index is 12.6. The Bertz CT molecular complexity index is 1010. The summed E-state index contributed by atoms with van der Waals surface area (Å²) in [4.78, 5) is 4.27. The number of benzene rings is 2. The molecule has 0 saturated heterocycles. The van der Waals surface area contributed by atoms with Crippen LogP contribution in [0.3, 0.4) is 0 Å². The van der Waals surface area contributed by atoms with Gasteiger partial charge in [0.25, 0.3) is 0 Å². The lowest BCUT2D eigenvalue weighted by molar-refractivity contribution is 0.166. The summed E-state index contributed by atoms with van der Waals surface area (Å²) in [5, 5.41) is 15.1. The zero-order valence-corrected chi connectivity index (χ0v) is 16.6. The number of hydrogen-bond donors (Lipinski definition) is 3. The summed E-state index contributed by atoms with van der Waals surface area (Å²) in [6.45, 7) is 2.87. The summed E-state index contributed by atoms with van der Waals surface area (Å²) in [7, 11) is -3.61. The predicted molar refractivity (Wildman–Crippen MR) is 110 cm³/mol. The van der Waals surface area contributed by atoms with Crippen LogP contribution in [0.1, 0.15) is 25.0 Å². The number of fused-ring (bicyclic) bond motifs is 1. The average Bonchev–Trinajstić information content (AvgIpc) is 2.71. The van der Waals surface area contributed by atoms with Crippen molar-refractivity contribution in [3.05, 3.63) is 72.6 Å². The minimum Gasteiger partial charge on any atom is -0.388 e. The molecule has 0 radical (unpaired) electrons. The Balaban J connectivity index is 1.49. The molecule has 0 unspecified atom stereocenters. The maximum atomic E-state index is 12.6. The average molecular weight is 400 g/mol. The monoisotopic (exact) mass is 399 g/mol. The summed E-state index contributed by atoms with van der Waals surface area (Å²) in [6.07, 6.45) is 3.37. The molecular formula is C21H25N3O3S. The fraction of sp³-hybridized carbons (Fsp3) is 0.286. The summed E-state index contributed by atoms with van der Waals surface area (Å²) in [5.41, 5.74) is 0.879. The molecule has 1 aromatic heterocycles. The van der Waals surface area contributed by atoms with Crippen LogP contribution in [0, 0.1) is 0 Å². The molecule has 3 aromatic rings. The number of aliphatic hydroxyl groups excluding tert-OH is 1. The number of pyridine rings is 1. The largest absolute Gasteiger partial charge is 0.388 e. The van der Waals surface area contributed by atoms with Crippen LogP contribution in [0.25, 0.3) is 10.8 Å². The van der Waals surface area contributed by atoms with Gasteiger partial charge in [0, 0.05) is 30.4 Å². The van der Waals surface area contributed by atoms with Crippen molar-refractivity contribution in [2.75, 3.05) is 13.1 Å². The molecule has 1 heterocycles. The number of aliphatic hydroxyl groups is 1. The first-order valence-corrected chi connectivity index (χ1v) is 10.7. The van der Waals surface area contributed by atoms with Gasteiger partial charge in [-0.15, -0.1) is 0 Å². The second-order valence-corrected chi connectivity index (χ2v) is 8.54. The van der Waals surface area contributed by atoms with Gasteiger partial charge < -0.3 is 10.4 Å². The lowest BCUT2D eigenvalue weighted by Crippen LogP contribution is -2.40. The van der Waals surface area contributed by atoms with Crippen molar-refractivity contribution in [2.24, 2.45) is 0 Å². The Morgan fingerprint density at radius 2 is 1.86 bits per heavy atom. The highest BCUT2D eigenvalue weighted by Gasteiger charge is 2.17. The fourth-order valence-electron chi connectivity index (χ4n) is 3.00. The molecule has 0 bridgehead atoms. The van der Waals surface area contributed by atoms with Gasteiger partial charge >= 0.3 is 0 Å². The van der Waals surface area contributed by atoms with Gasteiger partial charge in [0.2, 0.25) is 10.0 Å². The highest BCUT2D eigenvalue weighted by atomic mass is 32.2. The van der Waals surface area contributed by atoms with E-state index in [2.05, 4.69) is 15.0 Å². The van der Waals surface area contributed by atoms with Crippen LogP contribution in [0.2, 0.25) is 0 Å². The Morgan fingerprint density at radius 3 is 2.64 bits per heavy atom. The van der Waals surface area contributed by atoms with Crippen LogP contribution >= 0.6 is 0 Å². The van der Waals surface area contributed by atoms with Crippen molar-refractivity contribution in [1.82, 2.24) is 15.0 Å². The first-order valence-electron chi connectivity index (χ1n) is 9.25. The Labute approximate surface area is 165 Å². The van der Waals surface area contributed by atoms with Crippen molar-refractivity contribution in [3.63, 3.8) is 0 Å². The van der Waals surface area contributed by atoms with Gasteiger partial charge in [-0.25, -0.2) is 13.1 Å². The summed E-state index contributed by atoms with van der Waals surface area (Å²) in [6, 6.07) is 16.0. The predicted octanol–water partition coefficient (Wildman–Crippen LogP) is 2.61. The summed E-state index contributed by atoms with van der Waals surface area (Å²) < 4.78 is 27.9. The third-order valence-electron chi connectivity index (χ3n) is 4.51. The van der Waals surface area contributed by atoms with Crippen molar-refractivity contribution in [1.29, 1.82) is 0 Å². The second kappa shape index (κ2) is 9.25. The lowest BCUT2D eigenvalue weighted by atomic mass is 10.1. The third kappa shape index (κ3) is 5.36. The molecule has 0 aliphatic rings. The van der Waals surface area contributed by atoms with E-state index in [4.69, 9.17) is 0 Å². The molecule has 3 rings (SSSR count). The summed E-state index contributed by atoms with van der Waals surface area (Å²) in [5.74, 6) is 0. The topological polar surface area (TPSA) is 91.3 Å². The van der Waals surface area contributed by atoms with E-state index < -0.39 is 16.1 Å². The summed E-state index contributed by atoms with van der Waals surface area (Å²) >= 11 is 0. The van der Waals surface area contributed by atoms with E-state index in [0.29, 0.717) is 19.5 Å². The lowest BCUT2D eigenvalue weighted by Gasteiger charge is -2.16. The standard InChI is InChI=1S/C21H25N3O3S/c1-16(14-22-12-10-21(25)17-5-3-2-4-6-17)24-28(26,27)20-8-7-19-15-23-11-9-18(19)13-20/h2-9,11,13,15-16,21-22,24-25H,10,12,14H2,1H3/t16-,21+/m0/s1. The van der Waals surface area contributed by atoms with E-state index in [-0.39, 0.29) is 10.9 Å². The number of hydrogen-bond acceptors (Lipinski definition) is 5. The number of rotatable bonds is 9. The molecule has 148 valence electrons. The van der Waals surface area contributed by atoms with Crippen molar-refractivity contribution in [3.8, 4) is 0 Å². The van der Waals surface area contributed by atoms with E-state index in [9.17, 15) is 13.5 Å². The number of aromatic nitrogens is 1. The maximum Gasteiger partial charge on any atom is 0.240 e. The Kier molecular flexibility index (Phi) is 6.74. The molecule has 7 heteroatoms. The molecule has 0 aliphatic heterocycles. The van der Waals surface area contributed by atoms with E-state index in [1.807, 2.05) is 37.3 Å². The van der Waals surface area contributed by atoms with Gasteiger partial charge in [-0.05, 0) is 49.0 Å². The van der Waals surface area contributed by atoms with Crippen LogP contribution in [-0.2, 0) is 10.0 Å². The zero-order valence-electron chi connectivity index (χ0n) is 15.7. The van der Waals surface area contributed by atoms with E-state index >= 15 is 0 Å². The van der Waals surface area contributed by atoms with Crippen LogP contribution < -0.4 is 10.0 Å². The van der Waals surface area contributed by atoms with E-state index in [1.165, 1.54) is 0 Å². The molecular weight excluding hydrogens is 374 g/mol. The molecule has 0 aliphatic carbocycles. The Morgan fingerprint density at radius 1 is 1.07 bits per heavy atom. The minimum atomic E-state index is -3.61. The van der Waals surface area contributed by atoms with Crippen LogP contribution in [0.4, 0.5) is 0 Å². The Hall–Kier alpha value is -2.32. The molecule has 0 spiro atoms. The SMILES string of the molecule is C[C@@H](CNCC[C@@H](O)c1ccccc1)NS(=O)(=O)c1ccc2cnccc2c1. The van der Waals surface area contributed by atoms with Gasteiger partial charge in [-0.2, -0.15) is 0 Å². The fourth-order valence-corrected chi connectivity index (χ4v) is 4.28. The molecule has 0 amide bonds. The van der Waals surface area contributed by atoms with Crippen molar-refractivity contribution in [2.45, 2.75) is 30.4 Å². The number of nitrogens with one attached hydrogen (secondary N) is 2. The van der Waals surface area contributed by atoms with Crippen LogP contribution in [-0.4, -0.2) is 37.6 Å². The van der Waals surface area contributed by atoms with E-state index in [0.717, 1.165) is 16.3 Å². The molecule has 2 aromatic carbocycles. The smallest absolute Gasteiger partial charge is 0.240 e. The van der Waals surface area contributed by atoms with Crippen molar-refractivity contribution >= 4 is 20.8 Å². The molecule has 6 nitrogen and oxygen atoms in total. The molecule has 0 fully saturated rings. The van der Waals surface area contributed by atoms with Crippen LogP contribution in [0.15, 0.2) is 71.9 Å². The van der Waals surface area contributed by atoms with E-state index in [1.54, 1.807) is 36.7 Å². The molecule has 3 N–H and O–H groups in total. The zero-order chi connectivity index (χ0) is 20.0. The highest BCUT2D eigenvalue weighted by molar-refractivity contribution is 7.89. The van der Waals surface area contributed by atoms with Gasteiger partial charge in [-0.1, -0.05) is 36.4 Å². The van der Waals surface area contributed by atoms with Gasteiger partial charge in [0.15, 0.2) is 0 Å². The quantitative estimate of drug-likeness (QED) is 0.481. The van der Waals surface area contributed by atoms with Gasteiger partial charge in [0.1, 0.15) is 0 Å². The van der Waals surface area contributed by atoms with Crippen LogP contribution in [0.5, 0.6) is 0 Å². The van der Waals surface area contributed by atoms with Crippen molar-refractivity contribution < 1.29 is 13.5 Å². The normalized spacial score (nSPS) is 14.1. The number of sulfonamides is 1. The minimum absolute atomic E-state index is 0.234. The molecule has 0 saturated carbocycles.